The first kappa shape index (κ1) is 21.4. The summed E-state index contributed by atoms with van der Waals surface area (Å²) in [5, 5.41) is 9.46. The van der Waals surface area contributed by atoms with E-state index in [2.05, 4.69) is 16.8 Å². The van der Waals surface area contributed by atoms with Crippen LogP contribution in [0.4, 0.5) is 0 Å². The number of hydrogen-bond acceptors (Lipinski definition) is 7. The molecule has 0 atom stereocenters. The van der Waals surface area contributed by atoms with Gasteiger partial charge >= 0.3 is 5.97 Å². The lowest BCUT2D eigenvalue weighted by Gasteiger charge is -2.11. The Morgan fingerprint density at radius 3 is 2.43 bits per heavy atom. The van der Waals surface area contributed by atoms with E-state index in [1.165, 1.54) is 18.9 Å². The van der Waals surface area contributed by atoms with Crippen LogP contribution in [0.2, 0.25) is 0 Å². The number of carbonyl (C=O) groups is 1. The second-order valence-electron chi connectivity index (χ2n) is 6.24. The van der Waals surface area contributed by atoms with Crippen LogP contribution in [-0.2, 0) is 17.0 Å². The summed E-state index contributed by atoms with van der Waals surface area (Å²) in [6.45, 7) is 4.38. The molecule has 1 aromatic heterocycles. The van der Waals surface area contributed by atoms with E-state index in [4.69, 9.17) is 14.2 Å². The Morgan fingerprint density at radius 1 is 1.10 bits per heavy atom. The van der Waals surface area contributed by atoms with Gasteiger partial charge in [-0.25, -0.2) is 4.79 Å². The zero-order valence-corrected chi connectivity index (χ0v) is 17.9. The fourth-order valence-electron chi connectivity index (χ4n) is 2.94. The van der Waals surface area contributed by atoms with Crippen molar-refractivity contribution in [1.82, 2.24) is 14.8 Å². The van der Waals surface area contributed by atoms with Crippen molar-refractivity contribution < 1.29 is 19.0 Å². The molecule has 1 heterocycles. The summed E-state index contributed by atoms with van der Waals surface area (Å²) in [7, 11) is 4.59. The van der Waals surface area contributed by atoms with E-state index in [-0.39, 0.29) is 5.97 Å². The fraction of sp³-hybridized carbons (Fsp3) is 0.227. The summed E-state index contributed by atoms with van der Waals surface area (Å²) in [6.07, 6.45) is 1.79. The van der Waals surface area contributed by atoms with Gasteiger partial charge in [-0.05, 0) is 23.8 Å². The van der Waals surface area contributed by atoms with Crippen LogP contribution in [0, 0.1) is 0 Å². The molecule has 7 nitrogen and oxygen atoms in total. The van der Waals surface area contributed by atoms with Crippen molar-refractivity contribution >= 4 is 17.7 Å². The molecule has 0 fully saturated rings. The van der Waals surface area contributed by atoms with Crippen molar-refractivity contribution in [2.45, 2.75) is 17.5 Å². The molecule has 156 valence electrons. The van der Waals surface area contributed by atoms with Gasteiger partial charge in [0, 0.05) is 23.9 Å². The van der Waals surface area contributed by atoms with Crippen LogP contribution in [0.5, 0.6) is 11.5 Å². The highest BCUT2D eigenvalue weighted by Crippen LogP contribution is 2.32. The van der Waals surface area contributed by atoms with E-state index in [1.807, 2.05) is 34.9 Å². The van der Waals surface area contributed by atoms with E-state index in [0.717, 1.165) is 11.1 Å². The van der Waals surface area contributed by atoms with Crippen LogP contribution in [0.25, 0.3) is 11.4 Å². The predicted octanol–water partition coefficient (Wildman–Crippen LogP) is 4.23. The molecular weight excluding hydrogens is 402 g/mol. The number of benzene rings is 2. The van der Waals surface area contributed by atoms with E-state index < -0.39 is 0 Å². The summed E-state index contributed by atoms with van der Waals surface area (Å²) in [5.41, 5.74) is 2.23. The minimum Gasteiger partial charge on any atom is -0.497 e. The molecule has 0 saturated heterocycles. The molecule has 30 heavy (non-hydrogen) atoms. The van der Waals surface area contributed by atoms with Gasteiger partial charge in [0.1, 0.15) is 11.5 Å². The maximum Gasteiger partial charge on any atom is 0.338 e. The zero-order valence-electron chi connectivity index (χ0n) is 17.1. The standard InChI is InChI=1S/C22H23N3O4S/c1-5-10-25-20(16-11-17(27-2)13-18(12-16)28-3)23-24-22(25)30-14-15-8-6-7-9-19(15)21(26)29-4/h5-9,11-13H,1,10,14H2,2-4H3. The first-order chi connectivity index (χ1) is 14.6. The van der Waals surface area contributed by atoms with Gasteiger partial charge in [-0.1, -0.05) is 36.0 Å². The number of esters is 1. The minimum absolute atomic E-state index is 0.358. The first-order valence-corrected chi connectivity index (χ1v) is 10.2. The Hall–Kier alpha value is -3.26. The Labute approximate surface area is 179 Å². The lowest BCUT2D eigenvalue weighted by Crippen LogP contribution is -2.05. The molecule has 0 amide bonds. The topological polar surface area (TPSA) is 75.5 Å². The number of allylic oxidation sites excluding steroid dienone is 1. The highest BCUT2D eigenvalue weighted by molar-refractivity contribution is 7.98. The number of ether oxygens (including phenoxy) is 3. The largest absolute Gasteiger partial charge is 0.497 e. The van der Waals surface area contributed by atoms with Gasteiger partial charge in [-0.2, -0.15) is 0 Å². The third-order valence-corrected chi connectivity index (χ3v) is 5.43. The molecule has 0 N–H and O–H groups in total. The summed E-state index contributed by atoms with van der Waals surface area (Å²) in [6, 6.07) is 12.9. The van der Waals surface area contributed by atoms with Gasteiger partial charge in [-0.15, -0.1) is 16.8 Å². The van der Waals surface area contributed by atoms with Crippen molar-refractivity contribution in [1.29, 1.82) is 0 Å². The molecule has 0 radical (unpaired) electrons. The van der Waals surface area contributed by atoms with Crippen LogP contribution < -0.4 is 9.47 Å². The van der Waals surface area contributed by atoms with Gasteiger partial charge in [0.2, 0.25) is 0 Å². The smallest absolute Gasteiger partial charge is 0.338 e. The molecule has 0 unspecified atom stereocenters. The molecule has 2 aromatic carbocycles. The number of thioether (sulfide) groups is 1. The van der Waals surface area contributed by atoms with Crippen LogP contribution in [0.3, 0.4) is 0 Å². The highest BCUT2D eigenvalue weighted by atomic mass is 32.2. The van der Waals surface area contributed by atoms with Gasteiger partial charge in [-0.3, -0.25) is 4.57 Å². The fourth-order valence-corrected chi connectivity index (χ4v) is 3.89. The zero-order chi connectivity index (χ0) is 21.5. The summed E-state index contributed by atoms with van der Waals surface area (Å²) < 4.78 is 17.6. The number of hydrogen-bond donors (Lipinski definition) is 0. The molecule has 0 aliphatic carbocycles. The maximum atomic E-state index is 12.0. The number of carbonyl (C=O) groups excluding carboxylic acids is 1. The normalized spacial score (nSPS) is 10.5. The van der Waals surface area contributed by atoms with Gasteiger partial charge in [0.05, 0.1) is 26.9 Å². The molecule has 3 aromatic rings. The maximum absolute atomic E-state index is 12.0. The third-order valence-electron chi connectivity index (χ3n) is 4.42. The van der Waals surface area contributed by atoms with E-state index >= 15 is 0 Å². The van der Waals surface area contributed by atoms with Crippen LogP contribution in [0.1, 0.15) is 15.9 Å². The Bertz CT molecular complexity index is 1030. The van der Waals surface area contributed by atoms with E-state index in [0.29, 0.717) is 40.3 Å². The molecule has 8 heteroatoms. The minimum atomic E-state index is -0.358. The Balaban J connectivity index is 1.93. The average Bonchev–Trinajstić information content (AvgIpc) is 3.19. The second-order valence-corrected chi connectivity index (χ2v) is 7.19. The monoisotopic (exact) mass is 425 g/mol. The second kappa shape index (κ2) is 9.98. The lowest BCUT2D eigenvalue weighted by molar-refractivity contribution is 0.0600. The van der Waals surface area contributed by atoms with Crippen molar-refractivity contribution in [3.8, 4) is 22.9 Å². The molecule has 0 saturated carbocycles. The van der Waals surface area contributed by atoms with Crippen molar-refractivity contribution in [3.63, 3.8) is 0 Å². The summed E-state index contributed by atoms with van der Waals surface area (Å²) >= 11 is 1.49. The summed E-state index contributed by atoms with van der Waals surface area (Å²) in [5.74, 6) is 2.19. The molecule has 0 aliphatic heterocycles. The predicted molar refractivity (Wildman–Crippen MR) is 116 cm³/mol. The quantitative estimate of drug-likeness (QED) is 0.288. The van der Waals surface area contributed by atoms with Crippen LogP contribution in [0.15, 0.2) is 60.3 Å². The van der Waals surface area contributed by atoms with Crippen molar-refractivity contribution in [2.75, 3.05) is 21.3 Å². The summed E-state index contributed by atoms with van der Waals surface area (Å²) in [4.78, 5) is 12.0. The van der Waals surface area contributed by atoms with Crippen molar-refractivity contribution in [3.05, 3.63) is 66.2 Å². The number of rotatable bonds is 9. The molecular formula is C22H23N3O4S. The number of aromatic nitrogens is 3. The Kier molecular flexibility index (Phi) is 7.13. The third kappa shape index (κ3) is 4.65. The van der Waals surface area contributed by atoms with Gasteiger partial charge < -0.3 is 14.2 Å². The van der Waals surface area contributed by atoms with Crippen molar-refractivity contribution in [2.24, 2.45) is 0 Å². The number of methoxy groups -OCH3 is 3. The van der Waals surface area contributed by atoms with Gasteiger partial charge in [0.25, 0.3) is 0 Å². The lowest BCUT2D eigenvalue weighted by atomic mass is 10.1. The highest BCUT2D eigenvalue weighted by Gasteiger charge is 2.17. The van der Waals surface area contributed by atoms with Crippen LogP contribution >= 0.6 is 11.8 Å². The van der Waals surface area contributed by atoms with Gasteiger partial charge in [0.15, 0.2) is 11.0 Å². The molecule has 3 rings (SSSR count). The number of nitrogens with zero attached hydrogens (tertiary/aromatic N) is 3. The Morgan fingerprint density at radius 2 is 1.80 bits per heavy atom. The van der Waals surface area contributed by atoms with Crippen LogP contribution in [-0.4, -0.2) is 42.1 Å². The molecule has 0 spiro atoms. The molecule has 0 aliphatic rings. The average molecular weight is 426 g/mol. The van der Waals surface area contributed by atoms with E-state index in [1.54, 1.807) is 32.4 Å². The van der Waals surface area contributed by atoms with E-state index in [9.17, 15) is 4.79 Å². The molecule has 0 bridgehead atoms. The first-order valence-electron chi connectivity index (χ1n) is 9.17. The SMILES string of the molecule is C=CCn1c(SCc2ccccc2C(=O)OC)nnc1-c1cc(OC)cc(OC)c1.